The Kier molecular flexibility index (Phi) is 4.17. The number of rotatable bonds is 5. The molecule has 3 aromatic rings. The van der Waals surface area contributed by atoms with E-state index in [0.29, 0.717) is 17.3 Å². The van der Waals surface area contributed by atoms with Crippen LogP contribution in [0.5, 0.6) is 5.75 Å². The maximum atomic E-state index is 12.5. The normalized spacial score (nSPS) is 11.2. The molecule has 3 rings (SSSR count). The van der Waals surface area contributed by atoms with Gasteiger partial charge >= 0.3 is 0 Å². The monoisotopic (exact) mass is 345 g/mol. The number of aromatic nitrogens is 4. The molecule has 0 aliphatic carbocycles. The van der Waals surface area contributed by atoms with Crippen molar-refractivity contribution in [3.8, 4) is 17.1 Å². The van der Waals surface area contributed by atoms with Gasteiger partial charge < -0.3 is 4.74 Å². The highest BCUT2D eigenvalue weighted by atomic mass is 32.2. The van der Waals surface area contributed by atoms with Gasteiger partial charge in [-0.2, -0.15) is 5.21 Å². The summed E-state index contributed by atoms with van der Waals surface area (Å²) in [4.78, 5) is 0.169. The van der Waals surface area contributed by atoms with Crippen LogP contribution < -0.4 is 9.46 Å². The van der Waals surface area contributed by atoms with Crippen molar-refractivity contribution in [3.63, 3.8) is 0 Å². The van der Waals surface area contributed by atoms with Gasteiger partial charge in [-0.15, -0.1) is 10.2 Å². The smallest absolute Gasteiger partial charge is 0.261 e. The number of benzene rings is 2. The van der Waals surface area contributed by atoms with Crippen LogP contribution >= 0.6 is 0 Å². The first-order valence-electron chi connectivity index (χ1n) is 7.01. The van der Waals surface area contributed by atoms with E-state index in [4.69, 9.17) is 4.74 Å². The standard InChI is InChI=1S/C15H15N5O3S/c1-10-9-13(7-8-14(10)23-2)24(21,22)18-12-5-3-11(4-6-12)15-16-19-20-17-15/h3-9,18H,1-2H3,(H,16,17,19,20). The first-order chi connectivity index (χ1) is 11.5. The average molecular weight is 345 g/mol. The van der Waals surface area contributed by atoms with Crippen LogP contribution in [0.15, 0.2) is 47.4 Å². The molecular formula is C15H15N5O3S. The second-order valence-electron chi connectivity index (χ2n) is 5.05. The minimum absolute atomic E-state index is 0.169. The zero-order chi connectivity index (χ0) is 17.2. The molecule has 8 nitrogen and oxygen atoms in total. The minimum atomic E-state index is -3.68. The maximum Gasteiger partial charge on any atom is 0.261 e. The van der Waals surface area contributed by atoms with Gasteiger partial charge in [-0.25, -0.2) is 8.42 Å². The number of nitrogens with zero attached hydrogens (tertiary/aromatic N) is 3. The van der Waals surface area contributed by atoms with Gasteiger partial charge in [0.15, 0.2) is 0 Å². The van der Waals surface area contributed by atoms with E-state index >= 15 is 0 Å². The van der Waals surface area contributed by atoms with Crippen molar-refractivity contribution in [2.45, 2.75) is 11.8 Å². The number of sulfonamides is 1. The fourth-order valence-corrected chi connectivity index (χ4v) is 3.35. The van der Waals surface area contributed by atoms with Gasteiger partial charge in [-0.05, 0) is 60.2 Å². The summed E-state index contributed by atoms with van der Waals surface area (Å²) in [5.74, 6) is 1.08. The Labute approximate surface area is 138 Å². The number of nitrogens with one attached hydrogen (secondary N) is 2. The van der Waals surface area contributed by atoms with E-state index in [9.17, 15) is 8.42 Å². The molecule has 0 unspecified atom stereocenters. The minimum Gasteiger partial charge on any atom is -0.496 e. The molecule has 124 valence electrons. The van der Waals surface area contributed by atoms with Crippen molar-refractivity contribution in [2.75, 3.05) is 11.8 Å². The summed E-state index contributed by atoms with van der Waals surface area (Å²) in [7, 11) is -2.14. The van der Waals surface area contributed by atoms with Crippen molar-refractivity contribution >= 4 is 15.7 Å². The number of hydrogen-bond acceptors (Lipinski definition) is 6. The summed E-state index contributed by atoms with van der Waals surface area (Å²) >= 11 is 0. The second-order valence-corrected chi connectivity index (χ2v) is 6.73. The molecular weight excluding hydrogens is 330 g/mol. The van der Waals surface area contributed by atoms with Crippen LogP contribution in [-0.2, 0) is 10.0 Å². The molecule has 1 aromatic heterocycles. The number of anilines is 1. The average Bonchev–Trinajstić information content (AvgIpc) is 3.09. The summed E-state index contributed by atoms with van der Waals surface area (Å²) in [6.45, 7) is 1.79. The molecule has 2 aromatic carbocycles. The molecule has 0 aliphatic rings. The number of ether oxygens (including phenoxy) is 1. The highest BCUT2D eigenvalue weighted by Gasteiger charge is 2.16. The van der Waals surface area contributed by atoms with Crippen LogP contribution in [-0.4, -0.2) is 36.2 Å². The second kappa shape index (κ2) is 6.28. The summed E-state index contributed by atoms with van der Waals surface area (Å²) in [6, 6.07) is 11.4. The first-order valence-corrected chi connectivity index (χ1v) is 8.49. The maximum absolute atomic E-state index is 12.5. The summed E-state index contributed by atoms with van der Waals surface area (Å²) in [5, 5.41) is 13.6. The van der Waals surface area contributed by atoms with E-state index in [0.717, 1.165) is 11.1 Å². The van der Waals surface area contributed by atoms with Crippen molar-refractivity contribution in [1.82, 2.24) is 20.6 Å². The molecule has 0 saturated heterocycles. The van der Waals surface area contributed by atoms with Crippen LogP contribution in [0.2, 0.25) is 0 Å². The molecule has 0 saturated carbocycles. The molecule has 0 bridgehead atoms. The van der Waals surface area contributed by atoms with Gasteiger partial charge in [-0.1, -0.05) is 0 Å². The third kappa shape index (κ3) is 3.20. The highest BCUT2D eigenvalue weighted by molar-refractivity contribution is 7.92. The van der Waals surface area contributed by atoms with Gasteiger partial charge in [0.2, 0.25) is 5.82 Å². The highest BCUT2D eigenvalue weighted by Crippen LogP contribution is 2.24. The topological polar surface area (TPSA) is 110 Å². The van der Waals surface area contributed by atoms with Crippen LogP contribution in [0.25, 0.3) is 11.4 Å². The zero-order valence-electron chi connectivity index (χ0n) is 13.0. The molecule has 0 amide bonds. The van der Waals surface area contributed by atoms with Crippen molar-refractivity contribution in [1.29, 1.82) is 0 Å². The van der Waals surface area contributed by atoms with E-state index in [1.54, 1.807) is 50.4 Å². The molecule has 0 aliphatic heterocycles. The number of tetrazole rings is 1. The van der Waals surface area contributed by atoms with Crippen molar-refractivity contribution in [2.24, 2.45) is 0 Å². The van der Waals surface area contributed by atoms with Gasteiger partial charge in [0, 0.05) is 11.3 Å². The summed E-state index contributed by atoms with van der Waals surface area (Å²) in [6.07, 6.45) is 0. The summed E-state index contributed by atoms with van der Waals surface area (Å²) in [5.41, 5.74) is 1.91. The molecule has 2 N–H and O–H groups in total. The molecule has 0 atom stereocenters. The Morgan fingerprint density at radius 1 is 1.12 bits per heavy atom. The first kappa shape index (κ1) is 15.9. The fraction of sp³-hybridized carbons (Fsp3) is 0.133. The lowest BCUT2D eigenvalue weighted by Crippen LogP contribution is -2.13. The predicted molar refractivity (Wildman–Crippen MR) is 88.2 cm³/mol. The van der Waals surface area contributed by atoms with Crippen LogP contribution in [0.4, 0.5) is 5.69 Å². The number of aryl methyl sites for hydroxylation is 1. The molecule has 0 spiro atoms. The molecule has 9 heteroatoms. The van der Waals surface area contributed by atoms with Crippen LogP contribution in [0.1, 0.15) is 5.56 Å². The van der Waals surface area contributed by atoms with Gasteiger partial charge in [-0.3, -0.25) is 4.72 Å². The van der Waals surface area contributed by atoms with E-state index in [1.165, 1.54) is 6.07 Å². The lowest BCUT2D eigenvalue weighted by Gasteiger charge is -2.10. The van der Waals surface area contributed by atoms with Crippen molar-refractivity contribution in [3.05, 3.63) is 48.0 Å². The number of methoxy groups -OCH3 is 1. The van der Waals surface area contributed by atoms with E-state index in [-0.39, 0.29) is 4.90 Å². The van der Waals surface area contributed by atoms with Gasteiger partial charge in [0.05, 0.1) is 12.0 Å². The Bertz CT molecular complexity index is 938. The lowest BCUT2D eigenvalue weighted by molar-refractivity contribution is 0.411. The molecule has 24 heavy (non-hydrogen) atoms. The van der Waals surface area contributed by atoms with E-state index in [2.05, 4.69) is 25.3 Å². The largest absolute Gasteiger partial charge is 0.496 e. The van der Waals surface area contributed by atoms with Crippen LogP contribution in [0.3, 0.4) is 0 Å². The lowest BCUT2D eigenvalue weighted by atomic mass is 10.2. The Morgan fingerprint density at radius 2 is 1.88 bits per heavy atom. The fourth-order valence-electron chi connectivity index (χ4n) is 2.20. The molecule has 0 fully saturated rings. The zero-order valence-corrected chi connectivity index (χ0v) is 13.8. The number of hydrogen-bond donors (Lipinski definition) is 2. The third-order valence-corrected chi connectivity index (χ3v) is 4.80. The third-order valence-electron chi connectivity index (χ3n) is 3.42. The Balaban J connectivity index is 1.83. The summed E-state index contributed by atoms with van der Waals surface area (Å²) < 4.78 is 32.6. The number of aromatic amines is 1. The SMILES string of the molecule is COc1ccc(S(=O)(=O)Nc2ccc(-c3nn[nH]n3)cc2)cc1C. The Morgan fingerprint density at radius 3 is 2.46 bits per heavy atom. The van der Waals surface area contributed by atoms with Crippen molar-refractivity contribution < 1.29 is 13.2 Å². The van der Waals surface area contributed by atoms with Gasteiger partial charge in [0.1, 0.15) is 5.75 Å². The predicted octanol–water partition coefficient (Wildman–Crippen LogP) is 1.98. The molecule has 1 heterocycles. The molecule has 0 radical (unpaired) electrons. The quantitative estimate of drug-likeness (QED) is 0.732. The van der Waals surface area contributed by atoms with E-state index < -0.39 is 10.0 Å². The van der Waals surface area contributed by atoms with Crippen LogP contribution in [0, 0.1) is 6.92 Å². The van der Waals surface area contributed by atoms with Gasteiger partial charge in [0.25, 0.3) is 10.0 Å². The number of H-pyrrole nitrogens is 1. The Hall–Kier alpha value is -2.94. The van der Waals surface area contributed by atoms with E-state index in [1.807, 2.05) is 0 Å².